The second kappa shape index (κ2) is 32.1. The monoisotopic (exact) mass is 630 g/mol. The average Bonchev–Trinajstić information content (AvgIpc) is 2.92. The van der Waals surface area contributed by atoms with E-state index in [4.69, 9.17) is 13.0 Å². The minimum absolute atomic E-state index is 1.32. The van der Waals surface area contributed by atoms with Crippen molar-refractivity contribution in [2.75, 3.05) is 20.1 Å². The summed E-state index contributed by atoms with van der Waals surface area (Å²) < 4.78 is 57.5. The third-order valence-corrected chi connectivity index (χ3v) is 8.66. The number of halogens is 3. The van der Waals surface area contributed by atoms with E-state index in [-0.39, 0.29) is 0 Å². The van der Waals surface area contributed by atoms with Crippen LogP contribution in [0.1, 0.15) is 194 Å². The summed E-state index contributed by atoms with van der Waals surface area (Å²) in [6, 6.07) is 0. The van der Waals surface area contributed by atoms with E-state index < -0.39 is 15.6 Å². The Kier molecular flexibility index (Phi) is 33.4. The first-order valence-corrected chi connectivity index (χ1v) is 19.2. The van der Waals surface area contributed by atoms with Gasteiger partial charge in [0.25, 0.3) is 0 Å². The van der Waals surface area contributed by atoms with Crippen LogP contribution >= 0.6 is 0 Å². The first-order chi connectivity index (χ1) is 20.1. The molecular weight excluding hydrogens is 559 g/mol. The third-order valence-electron chi connectivity index (χ3n) is 8.08. The molecule has 0 aromatic carbocycles. The fourth-order valence-electron chi connectivity index (χ4n) is 5.26. The Balaban J connectivity index is 0. The zero-order chi connectivity index (χ0) is 31.8. The molecule has 0 atom stereocenters. The van der Waals surface area contributed by atoms with Crippen molar-refractivity contribution >= 4 is 10.1 Å². The van der Waals surface area contributed by atoms with Gasteiger partial charge in [-0.1, -0.05) is 181 Å². The summed E-state index contributed by atoms with van der Waals surface area (Å²) in [6.07, 6.45) is 40.8. The van der Waals surface area contributed by atoms with Crippen molar-refractivity contribution in [3.05, 3.63) is 0 Å². The molecule has 0 aromatic heterocycles. The molecular formula is C34H70F3NO3S. The standard InChI is InChI=1S/C33H69N.CHF3O3S/c1-4-6-8-10-12-14-16-18-20-22-24-26-28-30-32-34(3)33-31-29-27-25-23-21-19-17-15-13-11-9-7-5-2;2-1(3,4)8(5,6)7/h4-33H2,1-3H3;(H,5,6,7). The van der Waals surface area contributed by atoms with Gasteiger partial charge in [-0.2, -0.15) is 21.6 Å². The number of rotatable bonds is 30. The van der Waals surface area contributed by atoms with Gasteiger partial charge in [-0.05, 0) is 33.0 Å². The molecule has 0 amide bonds. The van der Waals surface area contributed by atoms with E-state index in [0.29, 0.717) is 0 Å². The molecule has 0 heterocycles. The maximum Gasteiger partial charge on any atom is 0.522 e. The summed E-state index contributed by atoms with van der Waals surface area (Å²) in [7, 11) is -3.50. The molecule has 0 unspecified atom stereocenters. The lowest BCUT2D eigenvalue weighted by Gasteiger charge is -2.16. The topological polar surface area (TPSA) is 57.6 Å². The molecule has 42 heavy (non-hydrogen) atoms. The van der Waals surface area contributed by atoms with Gasteiger partial charge in [0.1, 0.15) is 0 Å². The Labute approximate surface area is 260 Å². The van der Waals surface area contributed by atoms with E-state index in [1.165, 1.54) is 193 Å². The fraction of sp³-hybridized carbons (Fsp3) is 1.00. The summed E-state index contributed by atoms with van der Waals surface area (Å²) in [5, 5.41) is 0. The van der Waals surface area contributed by atoms with Gasteiger partial charge in [0.2, 0.25) is 0 Å². The van der Waals surface area contributed by atoms with Gasteiger partial charge in [-0.15, -0.1) is 0 Å². The number of hydrogen-bond donors (Lipinski definition) is 1. The molecule has 0 aliphatic heterocycles. The van der Waals surface area contributed by atoms with Crippen LogP contribution in [0, 0.1) is 0 Å². The zero-order valence-corrected chi connectivity index (χ0v) is 28.8. The van der Waals surface area contributed by atoms with Gasteiger partial charge in [0.15, 0.2) is 0 Å². The predicted molar refractivity (Wildman–Crippen MR) is 176 cm³/mol. The number of hydrogen-bond acceptors (Lipinski definition) is 3. The van der Waals surface area contributed by atoms with Crippen LogP contribution in [0.4, 0.5) is 13.2 Å². The van der Waals surface area contributed by atoms with E-state index in [1.54, 1.807) is 0 Å². The lowest BCUT2D eigenvalue weighted by atomic mass is 10.0. The van der Waals surface area contributed by atoms with Crippen molar-refractivity contribution in [3.63, 3.8) is 0 Å². The average molecular weight is 630 g/mol. The van der Waals surface area contributed by atoms with Crippen LogP contribution in [0.25, 0.3) is 0 Å². The van der Waals surface area contributed by atoms with Gasteiger partial charge < -0.3 is 4.90 Å². The van der Waals surface area contributed by atoms with Crippen molar-refractivity contribution < 1.29 is 26.1 Å². The van der Waals surface area contributed by atoms with E-state index in [2.05, 4.69) is 25.8 Å². The summed E-state index contributed by atoms with van der Waals surface area (Å²) in [5.74, 6) is 0. The van der Waals surface area contributed by atoms with Crippen LogP contribution < -0.4 is 0 Å². The van der Waals surface area contributed by atoms with Crippen molar-refractivity contribution in [2.45, 2.75) is 199 Å². The molecule has 0 saturated heterocycles. The highest BCUT2D eigenvalue weighted by molar-refractivity contribution is 7.86. The van der Waals surface area contributed by atoms with Crippen LogP contribution in [0.3, 0.4) is 0 Å². The van der Waals surface area contributed by atoms with E-state index >= 15 is 0 Å². The number of alkyl halides is 3. The first-order valence-electron chi connectivity index (χ1n) is 17.8. The van der Waals surface area contributed by atoms with Crippen LogP contribution in [-0.4, -0.2) is 43.5 Å². The molecule has 0 rings (SSSR count). The highest BCUT2D eigenvalue weighted by Crippen LogP contribution is 2.20. The molecule has 256 valence electrons. The van der Waals surface area contributed by atoms with Crippen LogP contribution in [0.15, 0.2) is 0 Å². The molecule has 0 spiro atoms. The van der Waals surface area contributed by atoms with E-state index in [1.807, 2.05) is 0 Å². The van der Waals surface area contributed by atoms with Gasteiger partial charge in [-0.25, -0.2) is 0 Å². The minimum atomic E-state index is -5.84. The highest BCUT2D eigenvalue weighted by Gasteiger charge is 2.44. The Hall–Kier alpha value is -0.340. The SMILES string of the molecule is CCCCCCCCCCCCCCCCN(C)CCCCCCCCCCCCCCCC.O=S(=O)(O)C(F)(F)F. The number of unbranched alkanes of at least 4 members (excludes halogenated alkanes) is 26. The Morgan fingerprint density at radius 2 is 0.619 bits per heavy atom. The van der Waals surface area contributed by atoms with Crippen molar-refractivity contribution in [2.24, 2.45) is 0 Å². The Morgan fingerprint density at radius 3 is 0.786 bits per heavy atom. The molecule has 0 fully saturated rings. The fourth-order valence-corrected chi connectivity index (χ4v) is 5.26. The lowest BCUT2D eigenvalue weighted by Crippen LogP contribution is -2.21. The highest BCUT2D eigenvalue weighted by atomic mass is 32.2. The minimum Gasteiger partial charge on any atom is -0.306 e. The van der Waals surface area contributed by atoms with Gasteiger partial charge in [0, 0.05) is 0 Å². The maximum absolute atomic E-state index is 10.7. The summed E-state index contributed by atoms with van der Waals surface area (Å²) in [5.41, 5.74) is -5.53. The Bertz CT molecular complexity index is 598. The largest absolute Gasteiger partial charge is 0.522 e. The second-order valence-corrected chi connectivity index (χ2v) is 13.8. The van der Waals surface area contributed by atoms with Crippen LogP contribution in [-0.2, 0) is 10.1 Å². The quantitative estimate of drug-likeness (QED) is 0.0488. The van der Waals surface area contributed by atoms with Crippen molar-refractivity contribution in [3.8, 4) is 0 Å². The molecule has 0 aliphatic carbocycles. The van der Waals surface area contributed by atoms with Gasteiger partial charge in [-0.3, -0.25) is 4.55 Å². The van der Waals surface area contributed by atoms with Crippen molar-refractivity contribution in [1.82, 2.24) is 4.90 Å². The lowest BCUT2D eigenvalue weighted by molar-refractivity contribution is -0.0510. The molecule has 8 heteroatoms. The summed E-state index contributed by atoms with van der Waals surface area (Å²) >= 11 is 0. The van der Waals surface area contributed by atoms with Gasteiger partial charge in [0.05, 0.1) is 0 Å². The molecule has 1 N–H and O–H groups in total. The normalized spacial score (nSPS) is 12.1. The first kappa shape index (κ1) is 43.8. The van der Waals surface area contributed by atoms with E-state index in [0.717, 1.165) is 0 Å². The summed E-state index contributed by atoms with van der Waals surface area (Å²) in [4.78, 5) is 2.58. The summed E-state index contributed by atoms with van der Waals surface area (Å²) in [6.45, 7) is 7.24. The van der Waals surface area contributed by atoms with Gasteiger partial charge >= 0.3 is 15.6 Å². The van der Waals surface area contributed by atoms with Crippen LogP contribution in [0.5, 0.6) is 0 Å². The number of nitrogens with zero attached hydrogens (tertiary/aromatic N) is 1. The zero-order valence-electron chi connectivity index (χ0n) is 28.0. The molecule has 0 radical (unpaired) electrons. The molecule has 4 nitrogen and oxygen atoms in total. The van der Waals surface area contributed by atoms with E-state index in [9.17, 15) is 13.2 Å². The predicted octanol–water partition coefficient (Wildman–Crippen LogP) is 12.3. The molecule has 0 aromatic rings. The molecule has 0 saturated carbocycles. The van der Waals surface area contributed by atoms with Crippen molar-refractivity contribution in [1.29, 1.82) is 0 Å². The smallest absolute Gasteiger partial charge is 0.306 e. The van der Waals surface area contributed by atoms with Crippen LogP contribution in [0.2, 0.25) is 0 Å². The third kappa shape index (κ3) is 35.9. The molecule has 0 aliphatic rings. The maximum atomic E-state index is 10.7. The Morgan fingerprint density at radius 1 is 0.452 bits per heavy atom. The second-order valence-electron chi connectivity index (χ2n) is 12.4. The molecule has 0 bridgehead atoms.